The van der Waals surface area contributed by atoms with Gasteiger partial charge in [-0.25, -0.2) is 9.80 Å². The second kappa shape index (κ2) is 8.21. The lowest BCUT2D eigenvalue weighted by Crippen LogP contribution is -2.42. The van der Waals surface area contributed by atoms with Crippen LogP contribution in [0.3, 0.4) is 0 Å². The SMILES string of the molecule is CCCNC(=O)N1N=C(c2ccc(N)cc2)c2cc(OC)c(N)cc2CC1C. The zero-order chi connectivity index (χ0) is 20.3. The molecule has 2 amide bonds. The quantitative estimate of drug-likeness (QED) is 0.708. The molecule has 5 N–H and O–H groups in total. The standard InChI is InChI=1S/C21H27N5O2/c1-4-9-24-21(27)26-13(2)10-15-11-18(23)19(28-3)12-17(15)20(25-26)14-5-7-16(22)8-6-14/h5-8,11-13H,4,9-10,22-23H2,1-3H3,(H,24,27). The summed E-state index contributed by atoms with van der Waals surface area (Å²) in [6.45, 7) is 4.59. The highest BCUT2D eigenvalue weighted by Crippen LogP contribution is 2.31. The Morgan fingerprint density at radius 1 is 1.29 bits per heavy atom. The summed E-state index contributed by atoms with van der Waals surface area (Å²) >= 11 is 0. The third kappa shape index (κ3) is 3.88. The van der Waals surface area contributed by atoms with Gasteiger partial charge in [-0.2, -0.15) is 5.10 Å². The lowest BCUT2D eigenvalue weighted by molar-refractivity contribution is 0.182. The van der Waals surface area contributed by atoms with Crippen molar-refractivity contribution in [3.63, 3.8) is 0 Å². The first kappa shape index (κ1) is 19.5. The van der Waals surface area contributed by atoms with Crippen molar-refractivity contribution in [2.24, 2.45) is 5.10 Å². The molecule has 1 heterocycles. The maximum Gasteiger partial charge on any atom is 0.338 e. The molecule has 1 atom stereocenters. The molecule has 7 nitrogen and oxygen atoms in total. The van der Waals surface area contributed by atoms with Gasteiger partial charge < -0.3 is 21.5 Å². The van der Waals surface area contributed by atoms with Gasteiger partial charge in [-0.3, -0.25) is 0 Å². The monoisotopic (exact) mass is 381 g/mol. The number of amides is 2. The minimum atomic E-state index is -0.213. The topological polar surface area (TPSA) is 106 Å². The van der Waals surface area contributed by atoms with E-state index < -0.39 is 0 Å². The van der Waals surface area contributed by atoms with Crippen LogP contribution in [0, 0.1) is 0 Å². The van der Waals surface area contributed by atoms with Crippen LogP contribution in [0.2, 0.25) is 0 Å². The third-order valence-corrected chi connectivity index (χ3v) is 4.77. The predicted octanol–water partition coefficient (Wildman–Crippen LogP) is 2.98. The molecular weight excluding hydrogens is 354 g/mol. The highest BCUT2D eigenvalue weighted by atomic mass is 16.5. The number of fused-ring (bicyclic) bond motifs is 1. The molecule has 2 aromatic rings. The Labute approximate surface area is 165 Å². The van der Waals surface area contributed by atoms with Gasteiger partial charge in [-0.15, -0.1) is 0 Å². The first-order chi connectivity index (χ1) is 13.4. The molecule has 3 rings (SSSR count). The number of benzene rings is 2. The molecule has 7 heteroatoms. The Morgan fingerprint density at radius 2 is 2.00 bits per heavy atom. The largest absolute Gasteiger partial charge is 0.495 e. The molecule has 0 saturated heterocycles. The van der Waals surface area contributed by atoms with Crippen LogP contribution in [0.4, 0.5) is 16.2 Å². The van der Waals surface area contributed by atoms with Gasteiger partial charge in [0.25, 0.3) is 0 Å². The van der Waals surface area contributed by atoms with Crippen LogP contribution in [0.15, 0.2) is 41.5 Å². The second-order valence-electron chi connectivity index (χ2n) is 6.95. The van der Waals surface area contributed by atoms with Crippen molar-refractivity contribution in [1.82, 2.24) is 10.3 Å². The number of hydrazone groups is 1. The number of hydrogen-bond acceptors (Lipinski definition) is 5. The van der Waals surface area contributed by atoms with Crippen molar-refractivity contribution in [2.75, 3.05) is 25.1 Å². The van der Waals surface area contributed by atoms with Gasteiger partial charge in [-0.1, -0.05) is 19.1 Å². The molecule has 0 spiro atoms. The van der Waals surface area contributed by atoms with Crippen LogP contribution in [0.25, 0.3) is 0 Å². The summed E-state index contributed by atoms with van der Waals surface area (Å²) in [5, 5.41) is 9.19. The van der Waals surface area contributed by atoms with Gasteiger partial charge in [0, 0.05) is 23.4 Å². The van der Waals surface area contributed by atoms with Crippen LogP contribution in [0.1, 0.15) is 37.0 Å². The third-order valence-electron chi connectivity index (χ3n) is 4.77. The van der Waals surface area contributed by atoms with E-state index in [2.05, 4.69) is 5.32 Å². The molecule has 2 aromatic carbocycles. The molecule has 0 bridgehead atoms. The fourth-order valence-corrected chi connectivity index (χ4v) is 3.29. The summed E-state index contributed by atoms with van der Waals surface area (Å²) < 4.78 is 5.42. The van der Waals surface area contributed by atoms with E-state index >= 15 is 0 Å². The maximum atomic E-state index is 12.7. The number of rotatable bonds is 4. The first-order valence-electron chi connectivity index (χ1n) is 9.43. The number of urea groups is 1. The van der Waals surface area contributed by atoms with E-state index in [0.717, 1.165) is 23.1 Å². The zero-order valence-electron chi connectivity index (χ0n) is 16.5. The fourth-order valence-electron chi connectivity index (χ4n) is 3.29. The van der Waals surface area contributed by atoms with E-state index in [1.807, 2.05) is 50.2 Å². The van der Waals surface area contributed by atoms with E-state index in [1.54, 1.807) is 7.11 Å². The van der Waals surface area contributed by atoms with Crippen molar-refractivity contribution >= 4 is 23.1 Å². The summed E-state index contributed by atoms with van der Waals surface area (Å²) in [7, 11) is 1.59. The number of anilines is 2. The highest BCUT2D eigenvalue weighted by Gasteiger charge is 2.28. The molecule has 1 unspecified atom stereocenters. The lowest BCUT2D eigenvalue weighted by atomic mass is 9.93. The molecule has 0 aromatic heterocycles. The number of nitrogens with zero attached hydrogens (tertiary/aromatic N) is 2. The molecule has 0 fully saturated rings. The van der Waals surface area contributed by atoms with Crippen molar-refractivity contribution in [3.05, 3.63) is 53.1 Å². The normalized spacial score (nSPS) is 16.0. The van der Waals surface area contributed by atoms with Crippen LogP contribution in [-0.4, -0.2) is 36.4 Å². The van der Waals surface area contributed by atoms with Crippen molar-refractivity contribution in [1.29, 1.82) is 0 Å². The van der Waals surface area contributed by atoms with Crippen LogP contribution in [-0.2, 0) is 6.42 Å². The summed E-state index contributed by atoms with van der Waals surface area (Å²) in [6, 6.07) is 10.9. The van der Waals surface area contributed by atoms with Crippen molar-refractivity contribution in [2.45, 2.75) is 32.7 Å². The first-order valence-corrected chi connectivity index (χ1v) is 9.43. The Hall–Kier alpha value is -3.22. The van der Waals surface area contributed by atoms with Crippen molar-refractivity contribution < 1.29 is 9.53 Å². The number of carbonyl (C=O) groups excluding carboxylic acids is 1. The van der Waals surface area contributed by atoms with Crippen LogP contribution < -0.4 is 21.5 Å². The summed E-state index contributed by atoms with van der Waals surface area (Å²) in [4.78, 5) is 12.7. The average molecular weight is 381 g/mol. The van der Waals surface area contributed by atoms with Gasteiger partial charge >= 0.3 is 6.03 Å². The van der Waals surface area contributed by atoms with Crippen molar-refractivity contribution in [3.8, 4) is 5.75 Å². The summed E-state index contributed by atoms with van der Waals surface area (Å²) in [6.07, 6.45) is 1.49. The summed E-state index contributed by atoms with van der Waals surface area (Å²) in [5.74, 6) is 0.582. The molecule has 0 saturated carbocycles. The average Bonchev–Trinajstić information content (AvgIpc) is 2.82. The highest BCUT2D eigenvalue weighted by molar-refractivity contribution is 6.14. The Kier molecular flexibility index (Phi) is 5.73. The van der Waals surface area contributed by atoms with Gasteiger partial charge in [0.2, 0.25) is 0 Å². The molecular formula is C21H27N5O2. The number of nitrogens with two attached hydrogens (primary N) is 2. The minimum absolute atomic E-state index is 0.130. The molecule has 28 heavy (non-hydrogen) atoms. The van der Waals surface area contributed by atoms with Crippen LogP contribution >= 0.6 is 0 Å². The number of hydrogen-bond donors (Lipinski definition) is 3. The smallest absolute Gasteiger partial charge is 0.338 e. The number of ether oxygens (including phenoxy) is 1. The van der Waals surface area contributed by atoms with Gasteiger partial charge in [0.05, 0.1) is 24.6 Å². The fraction of sp³-hybridized carbons (Fsp3) is 0.333. The molecule has 0 radical (unpaired) electrons. The summed E-state index contributed by atoms with van der Waals surface area (Å²) in [5.41, 5.74) is 16.7. The number of carbonyl (C=O) groups is 1. The van der Waals surface area contributed by atoms with E-state index in [-0.39, 0.29) is 12.1 Å². The lowest BCUT2D eigenvalue weighted by Gasteiger charge is -2.23. The maximum absolute atomic E-state index is 12.7. The Bertz CT molecular complexity index is 892. The van der Waals surface area contributed by atoms with Gasteiger partial charge in [0.15, 0.2) is 0 Å². The number of nitrogens with one attached hydrogen (secondary N) is 1. The molecule has 0 aliphatic carbocycles. The van der Waals surface area contributed by atoms with E-state index in [1.165, 1.54) is 5.01 Å². The van der Waals surface area contributed by atoms with E-state index in [0.29, 0.717) is 35.8 Å². The van der Waals surface area contributed by atoms with E-state index in [9.17, 15) is 4.79 Å². The molecule has 1 aliphatic heterocycles. The van der Waals surface area contributed by atoms with Crippen LogP contribution in [0.5, 0.6) is 5.75 Å². The van der Waals surface area contributed by atoms with E-state index in [4.69, 9.17) is 21.3 Å². The molecule has 148 valence electrons. The Balaban J connectivity index is 2.15. The number of methoxy groups -OCH3 is 1. The number of nitrogen functional groups attached to an aromatic ring is 2. The second-order valence-corrected chi connectivity index (χ2v) is 6.95. The zero-order valence-corrected chi connectivity index (χ0v) is 16.5. The Morgan fingerprint density at radius 3 is 2.64 bits per heavy atom. The van der Waals surface area contributed by atoms with Gasteiger partial charge in [-0.05, 0) is 49.6 Å². The molecule has 1 aliphatic rings. The van der Waals surface area contributed by atoms with Gasteiger partial charge in [0.1, 0.15) is 5.75 Å². The minimum Gasteiger partial charge on any atom is -0.495 e. The predicted molar refractivity (Wildman–Crippen MR) is 113 cm³/mol.